The van der Waals surface area contributed by atoms with Crippen molar-refractivity contribution in [1.29, 1.82) is 0 Å². The van der Waals surface area contributed by atoms with E-state index in [1.807, 2.05) is 12.1 Å². The predicted molar refractivity (Wildman–Crippen MR) is 70.7 cm³/mol. The number of halogens is 4. The molecule has 108 valence electrons. The highest BCUT2D eigenvalue weighted by molar-refractivity contribution is 9.10. The van der Waals surface area contributed by atoms with Crippen LogP contribution in [0, 0.1) is 0 Å². The van der Waals surface area contributed by atoms with Crippen LogP contribution in [0.1, 0.15) is 6.42 Å². The maximum absolute atomic E-state index is 11.8. The average Bonchev–Trinajstić information content (AvgIpc) is 2.31. The molecule has 1 rings (SSSR count). The third-order valence-corrected chi connectivity index (χ3v) is 2.63. The molecule has 0 heterocycles. The summed E-state index contributed by atoms with van der Waals surface area (Å²) < 4.78 is 45.9. The molecule has 1 aromatic rings. The second-order valence-corrected chi connectivity index (χ2v) is 4.74. The molecular weight excluding hydrogens is 327 g/mol. The van der Waals surface area contributed by atoms with Crippen LogP contribution >= 0.6 is 15.9 Å². The Bertz CT molecular complexity index is 399. The zero-order valence-electron chi connectivity index (χ0n) is 10.4. The minimum absolute atomic E-state index is 0.0671. The van der Waals surface area contributed by atoms with E-state index in [0.717, 1.165) is 10.2 Å². The van der Waals surface area contributed by atoms with Gasteiger partial charge in [0.05, 0.1) is 7.11 Å². The SMILES string of the molecule is COc1cc(Br)cc(NCCCOCC(F)(F)F)c1. The van der Waals surface area contributed by atoms with Crippen molar-refractivity contribution in [3.63, 3.8) is 0 Å². The monoisotopic (exact) mass is 341 g/mol. The molecule has 0 aromatic heterocycles. The summed E-state index contributed by atoms with van der Waals surface area (Å²) in [7, 11) is 1.57. The quantitative estimate of drug-likeness (QED) is 0.764. The van der Waals surface area contributed by atoms with E-state index in [1.165, 1.54) is 0 Å². The third kappa shape index (κ3) is 7.27. The number of rotatable bonds is 7. The highest BCUT2D eigenvalue weighted by Crippen LogP contribution is 2.24. The van der Waals surface area contributed by atoms with Gasteiger partial charge in [-0.3, -0.25) is 0 Å². The first kappa shape index (κ1) is 16.1. The van der Waals surface area contributed by atoms with Crippen molar-refractivity contribution in [2.24, 2.45) is 0 Å². The van der Waals surface area contributed by atoms with Crippen LogP contribution in [0.5, 0.6) is 5.75 Å². The molecule has 1 aromatic carbocycles. The van der Waals surface area contributed by atoms with Gasteiger partial charge in [-0.05, 0) is 18.6 Å². The summed E-state index contributed by atoms with van der Waals surface area (Å²) >= 11 is 3.34. The van der Waals surface area contributed by atoms with Crippen LogP contribution < -0.4 is 10.1 Å². The molecule has 0 atom stereocenters. The summed E-state index contributed by atoms with van der Waals surface area (Å²) in [5.41, 5.74) is 0.835. The van der Waals surface area contributed by atoms with Crippen molar-refractivity contribution in [3.8, 4) is 5.75 Å². The van der Waals surface area contributed by atoms with Crippen LogP contribution in [0.25, 0.3) is 0 Å². The maximum atomic E-state index is 11.8. The Morgan fingerprint density at radius 1 is 1.26 bits per heavy atom. The number of hydrogen-bond donors (Lipinski definition) is 1. The molecule has 0 amide bonds. The van der Waals surface area contributed by atoms with Crippen molar-refractivity contribution in [3.05, 3.63) is 22.7 Å². The number of anilines is 1. The highest BCUT2D eigenvalue weighted by atomic mass is 79.9. The summed E-state index contributed by atoms with van der Waals surface area (Å²) in [6.07, 6.45) is -3.77. The average molecular weight is 342 g/mol. The van der Waals surface area contributed by atoms with Gasteiger partial charge in [-0.25, -0.2) is 0 Å². The Morgan fingerprint density at radius 3 is 2.63 bits per heavy atom. The molecular formula is C12H15BrF3NO2. The molecule has 0 bridgehead atoms. The Hall–Kier alpha value is -0.950. The molecule has 0 fully saturated rings. The second-order valence-electron chi connectivity index (χ2n) is 3.83. The second kappa shape index (κ2) is 7.59. The van der Waals surface area contributed by atoms with Crippen LogP contribution in [0.4, 0.5) is 18.9 Å². The summed E-state index contributed by atoms with van der Waals surface area (Å²) in [4.78, 5) is 0. The fourth-order valence-corrected chi connectivity index (χ4v) is 1.85. The topological polar surface area (TPSA) is 30.5 Å². The van der Waals surface area contributed by atoms with Gasteiger partial charge in [0.15, 0.2) is 0 Å². The molecule has 0 saturated carbocycles. The lowest BCUT2D eigenvalue weighted by Gasteiger charge is -2.10. The van der Waals surface area contributed by atoms with Crippen LogP contribution in [0.3, 0.4) is 0 Å². The number of alkyl halides is 3. The first-order valence-corrected chi connectivity index (χ1v) is 6.43. The molecule has 0 unspecified atom stereocenters. The van der Waals surface area contributed by atoms with E-state index < -0.39 is 12.8 Å². The smallest absolute Gasteiger partial charge is 0.411 e. The lowest BCUT2D eigenvalue weighted by molar-refractivity contribution is -0.173. The van der Waals surface area contributed by atoms with Crippen molar-refractivity contribution >= 4 is 21.6 Å². The lowest BCUT2D eigenvalue weighted by atomic mass is 10.3. The number of ether oxygens (including phenoxy) is 2. The molecule has 0 aliphatic heterocycles. The van der Waals surface area contributed by atoms with E-state index in [9.17, 15) is 13.2 Å². The molecule has 0 radical (unpaired) electrons. The van der Waals surface area contributed by atoms with Crippen LogP contribution in [-0.4, -0.2) is 33.0 Å². The lowest BCUT2D eigenvalue weighted by Crippen LogP contribution is -2.18. The van der Waals surface area contributed by atoms with Gasteiger partial charge in [-0.15, -0.1) is 0 Å². The minimum atomic E-state index is -4.26. The Labute approximate surface area is 118 Å². The number of methoxy groups -OCH3 is 1. The number of hydrogen-bond acceptors (Lipinski definition) is 3. The van der Waals surface area contributed by atoms with E-state index in [4.69, 9.17) is 4.74 Å². The molecule has 0 saturated heterocycles. The van der Waals surface area contributed by atoms with Crippen molar-refractivity contribution in [2.45, 2.75) is 12.6 Å². The normalized spacial score (nSPS) is 11.4. The van der Waals surface area contributed by atoms with Crippen LogP contribution in [-0.2, 0) is 4.74 Å². The van der Waals surface area contributed by atoms with Gasteiger partial charge in [0.2, 0.25) is 0 Å². The van der Waals surface area contributed by atoms with Crippen LogP contribution in [0.2, 0.25) is 0 Å². The van der Waals surface area contributed by atoms with E-state index in [1.54, 1.807) is 13.2 Å². The van der Waals surface area contributed by atoms with Crippen molar-refractivity contribution in [2.75, 3.05) is 32.2 Å². The Morgan fingerprint density at radius 2 is 2.00 bits per heavy atom. The zero-order chi connectivity index (χ0) is 14.3. The first-order chi connectivity index (χ1) is 8.90. The molecule has 7 heteroatoms. The first-order valence-electron chi connectivity index (χ1n) is 5.63. The number of nitrogens with one attached hydrogen (secondary N) is 1. The van der Waals surface area contributed by atoms with Gasteiger partial charge in [0, 0.05) is 29.4 Å². The zero-order valence-corrected chi connectivity index (χ0v) is 12.0. The van der Waals surface area contributed by atoms with Crippen molar-refractivity contribution in [1.82, 2.24) is 0 Å². The van der Waals surface area contributed by atoms with Gasteiger partial charge >= 0.3 is 6.18 Å². The summed E-state index contributed by atoms with van der Waals surface area (Å²) in [6, 6.07) is 5.48. The predicted octanol–water partition coefficient (Wildman–Crippen LogP) is 3.84. The van der Waals surface area contributed by atoms with Gasteiger partial charge in [-0.1, -0.05) is 15.9 Å². The largest absolute Gasteiger partial charge is 0.497 e. The molecule has 0 spiro atoms. The van der Waals surface area contributed by atoms with E-state index in [2.05, 4.69) is 26.0 Å². The van der Waals surface area contributed by atoms with E-state index >= 15 is 0 Å². The fraction of sp³-hybridized carbons (Fsp3) is 0.500. The Balaban J connectivity index is 2.24. The van der Waals surface area contributed by atoms with Gasteiger partial charge < -0.3 is 14.8 Å². The Kier molecular flexibility index (Phi) is 6.44. The summed E-state index contributed by atoms with van der Waals surface area (Å²) in [5.74, 6) is 0.699. The van der Waals surface area contributed by atoms with Gasteiger partial charge in [0.1, 0.15) is 12.4 Å². The van der Waals surface area contributed by atoms with Gasteiger partial charge in [-0.2, -0.15) is 13.2 Å². The molecule has 3 nitrogen and oxygen atoms in total. The summed E-state index contributed by atoms with van der Waals surface area (Å²) in [6.45, 7) is -0.604. The van der Waals surface area contributed by atoms with Gasteiger partial charge in [0.25, 0.3) is 0 Å². The molecule has 0 aliphatic rings. The highest BCUT2D eigenvalue weighted by Gasteiger charge is 2.27. The number of benzene rings is 1. The maximum Gasteiger partial charge on any atom is 0.411 e. The molecule has 19 heavy (non-hydrogen) atoms. The van der Waals surface area contributed by atoms with E-state index in [-0.39, 0.29) is 6.61 Å². The fourth-order valence-electron chi connectivity index (χ4n) is 1.38. The molecule has 1 N–H and O–H groups in total. The van der Waals surface area contributed by atoms with E-state index in [0.29, 0.717) is 18.7 Å². The summed E-state index contributed by atoms with van der Waals surface area (Å²) in [5, 5.41) is 3.09. The van der Waals surface area contributed by atoms with Crippen LogP contribution in [0.15, 0.2) is 22.7 Å². The standard InChI is InChI=1S/C12H15BrF3NO2/c1-18-11-6-9(13)5-10(7-11)17-3-2-4-19-8-12(14,15)16/h5-7,17H,2-4,8H2,1H3. The van der Waals surface area contributed by atoms with Crippen molar-refractivity contribution < 1.29 is 22.6 Å². The molecule has 0 aliphatic carbocycles. The third-order valence-electron chi connectivity index (χ3n) is 2.17. The minimum Gasteiger partial charge on any atom is -0.497 e.